The Labute approximate surface area is 164 Å². The summed E-state index contributed by atoms with van der Waals surface area (Å²) in [5.41, 5.74) is 0. The zero-order valence-electron chi connectivity index (χ0n) is 17.3. The number of aliphatic hydroxyl groups is 2. The van der Waals surface area contributed by atoms with Gasteiger partial charge in [-0.1, -0.05) is 39.0 Å². The summed E-state index contributed by atoms with van der Waals surface area (Å²) in [6.45, 7) is 4.37. The van der Waals surface area contributed by atoms with Crippen LogP contribution < -0.4 is 0 Å². The Kier molecular flexibility index (Phi) is 12.6. The second kappa shape index (κ2) is 14.1. The van der Waals surface area contributed by atoms with Crippen LogP contribution in [-0.4, -0.2) is 40.8 Å². The van der Waals surface area contributed by atoms with Gasteiger partial charge in [-0.3, -0.25) is 9.59 Å². The van der Waals surface area contributed by atoms with Gasteiger partial charge in [-0.15, -0.1) is 0 Å². The fraction of sp³-hybridized carbons (Fsp3) is 0.909. The molecule has 0 heterocycles. The smallest absolute Gasteiger partial charge is 0.305 e. The maximum Gasteiger partial charge on any atom is 0.305 e. The summed E-state index contributed by atoms with van der Waals surface area (Å²) < 4.78 is 4.92. The molecule has 4 atom stereocenters. The van der Waals surface area contributed by atoms with E-state index in [1.807, 2.05) is 6.92 Å². The molecule has 158 valence electrons. The Morgan fingerprint density at radius 1 is 0.815 bits per heavy atom. The number of ketones is 1. The molecule has 0 bridgehead atoms. The van der Waals surface area contributed by atoms with Crippen LogP contribution in [0.2, 0.25) is 0 Å². The average molecular weight is 385 g/mol. The number of carbonyl (C=O) groups is 2. The molecule has 5 nitrogen and oxygen atoms in total. The SMILES string of the molecule is CCCCCC(=O)CCC1C(O)CC(O)C1CCCCCCC(=O)OCC. The zero-order valence-corrected chi connectivity index (χ0v) is 17.3. The molecule has 27 heavy (non-hydrogen) atoms. The van der Waals surface area contributed by atoms with Crippen molar-refractivity contribution in [3.63, 3.8) is 0 Å². The van der Waals surface area contributed by atoms with Crippen LogP contribution in [0.15, 0.2) is 0 Å². The van der Waals surface area contributed by atoms with Gasteiger partial charge in [-0.05, 0) is 50.9 Å². The number of Topliss-reactive ketones (excluding diaryl/α,β-unsaturated/α-hetero) is 1. The van der Waals surface area contributed by atoms with Gasteiger partial charge < -0.3 is 14.9 Å². The Hall–Kier alpha value is -0.940. The normalized spacial score (nSPS) is 24.9. The lowest BCUT2D eigenvalue weighted by molar-refractivity contribution is -0.143. The highest BCUT2D eigenvalue weighted by Crippen LogP contribution is 2.39. The number of hydrogen-bond acceptors (Lipinski definition) is 5. The van der Waals surface area contributed by atoms with Gasteiger partial charge in [-0.2, -0.15) is 0 Å². The molecule has 0 radical (unpaired) electrons. The van der Waals surface area contributed by atoms with Crippen molar-refractivity contribution in [3.8, 4) is 0 Å². The Bertz CT molecular complexity index is 423. The van der Waals surface area contributed by atoms with Crippen LogP contribution in [0.3, 0.4) is 0 Å². The van der Waals surface area contributed by atoms with Crippen LogP contribution in [-0.2, 0) is 14.3 Å². The first-order valence-corrected chi connectivity index (χ1v) is 11.0. The van der Waals surface area contributed by atoms with Crippen LogP contribution in [0.25, 0.3) is 0 Å². The van der Waals surface area contributed by atoms with Crippen molar-refractivity contribution in [2.75, 3.05) is 6.61 Å². The number of carbonyl (C=O) groups excluding carboxylic acids is 2. The van der Waals surface area contributed by atoms with Crippen LogP contribution in [0, 0.1) is 11.8 Å². The van der Waals surface area contributed by atoms with Gasteiger partial charge in [0.1, 0.15) is 5.78 Å². The van der Waals surface area contributed by atoms with E-state index in [0.29, 0.717) is 38.7 Å². The van der Waals surface area contributed by atoms with E-state index in [2.05, 4.69) is 6.92 Å². The van der Waals surface area contributed by atoms with E-state index in [1.54, 1.807) is 0 Å². The van der Waals surface area contributed by atoms with Gasteiger partial charge in [0.15, 0.2) is 0 Å². The van der Waals surface area contributed by atoms with Crippen molar-refractivity contribution in [3.05, 3.63) is 0 Å². The van der Waals surface area contributed by atoms with Gasteiger partial charge in [0.2, 0.25) is 0 Å². The maximum absolute atomic E-state index is 12.0. The topological polar surface area (TPSA) is 83.8 Å². The summed E-state index contributed by atoms with van der Waals surface area (Å²) >= 11 is 0. The molecule has 1 saturated carbocycles. The zero-order chi connectivity index (χ0) is 20.1. The fourth-order valence-corrected chi connectivity index (χ4v) is 4.24. The van der Waals surface area contributed by atoms with E-state index in [9.17, 15) is 19.8 Å². The molecule has 2 N–H and O–H groups in total. The molecule has 0 amide bonds. The molecular weight excluding hydrogens is 344 g/mol. The molecule has 0 aromatic carbocycles. The minimum absolute atomic E-state index is 0.0367. The highest BCUT2D eigenvalue weighted by Gasteiger charge is 2.40. The molecule has 0 aromatic heterocycles. The second-order valence-electron chi connectivity index (χ2n) is 7.99. The monoisotopic (exact) mass is 384 g/mol. The van der Waals surface area contributed by atoms with Crippen LogP contribution in [0.5, 0.6) is 0 Å². The van der Waals surface area contributed by atoms with Gasteiger partial charge in [0.25, 0.3) is 0 Å². The van der Waals surface area contributed by atoms with Crippen LogP contribution in [0.1, 0.15) is 97.3 Å². The molecule has 1 aliphatic rings. The third-order valence-corrected chi connectivity index (χ3v) is 5.81. The van der Waals surface area contributed by atoms with Crippen LogP contribution in [0.4, 0.5) is 0 Å². The first kappa shape index (κ1) is 24.1. The molecule has 0 spiro atoms. The van der Waals surface area contributed by atoms with Crippen LogP contribution >= 0.6 is 0 Å². The van der Waals surface area contributed by atoms with Crippen molar-refractivity contribution in [2.24, 2.45) is 11.8 Å². The molecule has 1 rings (SSSR count). The highest BCUT2D eigenvalue weighted by molar-refractivity contribution is 5.78. The lowest BCUT2D eigenvalue weighted by Gasteiger charge is -2.23. The number of hydrogen-bond donors (Lipinski definition) is 2. The minimum Gasteiger partial charge on any atom is -0.466 e. The number of unbranched alkanes of at least 4 members (excludes halogenated alkanes) is 5. The molecule has 1 fully saturated rings. The second-order valence-corrected chi connectivity index (χ2v) is 7.99. The highest BCUT2D eigenvalue weighted by atomic mass is 16.5. The number of rotatable bonds is 15. The number of ether oxygens (including phenoxy) is 1. The van der Waals surface area contributed by atoms with Gasteiger partial charge >= 0.3 is 5.97 Å². The van der Waals surface area contributed by atoms with E-state index in [1.165, 1.54) is 0 Å². The van der Waals surface area contributed by atoms with Crippen molar-refractivity contribution in [1.29, 1.82) is 0 Å². The lowest BCUT2D eigenvalue weighted by Crippen LogP contribution is -2.23. The number of esters is 1. The molecular formula is C22H40O5. The van der Waals surface area contributed by atoms with Gasteiger partial charge in [0.05, 0.1) is 18.8 Å². The summed E-state index contributed by atoms with van der Waals surface area (Å²) in [7, 11) is 0. The third-order valence-electron chi connectivity index (χ3n) is 5.81. The fourth-order valence-electron chi connectivity index (χ4n) is 4.24. The predicted molar refractivity (Wildman–Crippen MR) is 106 cm³/mol. The molecule has 4 unspecified atom stereocenters. The molecule has 5 heteroatoms. The Morgan fingerprint density at radius 3 is 2.11 bits per heavy atom. The first-order chi connectivity index (χ1) is 13.0. The van der Waals surface area contributed by atoms with Crippen molar-refractivity contribution in [2.45, 2.75) is 110 Å². The first-order valence-electron chi connectivity index (χ1n) is 11.0. The predicted octanol–water partition coefficient (Wildman–Crippen LogP) is 4.18. The maximum atomic E-state index is 12.0. The average Bonchev–Trinajstić information content (AvgIpc) is 2.89. The number of aliphatic hydroxyl groups excluding tert-OH is 2. The van der Waals surface area contributed by atoms with Crippen molar-refractivity contribution >= 4 is 11.8 Å². The summed E-state index contributed by atoms with van der Waals surface area (Å²) in [6.07, 6.45) is 9.68. The Balaban J connectivity index is 2.26. The summed E-state index contributed by atoms with van der Waals surface area (Å²) in [5, 5.41) is 20.6. The summed E-state index contributed by atoms with van der Waals surface area (Å²) in [6, 6.07) is 0. The summed E-state index contributed by atoms with van der Waals surface area (Å²) in [4.78, 5) is 23.3. The summed E-state index contributed by atoms with van der Waals surface area (Å²) in [5.74, 6) is 0.286. The van der Waals surface area contributed by atoms with E-state index >= 15 is 0 Å². The van der Waals surface area contributed by atoms with Crippen molar-refractivity contribution in [1.82, 2.24) is 0 Å². The molecule has 1 aliphatic carbocycles. The largest absolute Gasteiger partial charge is 0.466 e. The van der Waals surface area contributed by atoms with E-state index in [-0.39, 0.29) is 23.6 Å². The van der Waals surface area contributed by atoms with Crippen molar-refractivity contribution < 1.29 is 24.5 Å². The quantitative estimate of drug-likeness (QED) is 0.327. The van der Waals surface area contributed by atoms with Gasteiger partial charge in [0, 0.05) is 19.3 Å². The van der Waals surface area contributed by atoms with E-state index < -0.39 is 12.2 Å². The lowest BCUT2D eigenvalue weighted by atomic mass is 9.84. The van der Waals surface area contributed by atoms with E-state index in [0.717, 1.165) is 51.4 Å². The van der Waals surface area contributed by atoms with Gasteiger partial charge in [-0.25, -0.2) is 0 Å². The third kappa shape index (κ3) is 9.70. The molecule has 0 saturated heterocycles. The Morgan fingerprint density at radius 2 is 1.44 bits per heavy atom. The molecule has 0 aliphatic heterocycles. The standard InChI is InChI=1S/C22H40O5/c1-3-5-8-11-17(23)14-15-19-18(20(24)16-21(19)25)12-9-6-7-10-13-22(26)27-4-2/h18-21,24-25H,3-16H2,1-2H3. The van der Waals surface area contributed by atoms with E-state index in [4.69, 9.17) is 4.74 Å². The molecule has 0 aromatic rings. The minimum atomic E-state index is -0.489.